The summed E-state index contributed by atoms with van der Waals surface area (Å²) in [5.41, 5.74) is 2.71. The Balaban J connectivity index is 1.68. The summed E-state index contributed by atoms with van der Waals surface area (Å²) in [6, 6.07) is 21.6. The van der Waals surface area contributed by atoms with Crippen LogP contribution in [0.2, 0.25) is 0 Å². The number of hydrogen-bond acceptors (Lipinski definition) is 5. The van der Waals surface area contributed by atoms with E-state index in [1.807, 2.05) is 60.7 Å². The van der Waals surface area contributed by atoms with Crippen LogP contribution < -0.4 is 0 Å². The molecule has 1 saturated heterocycles. The van der Waals surface area contributed by atoms with Gasteiger partial charge in [-0.15, -0.1) is 11.8 Å². The van der Waals surface area contributed by atoms with E-state index in [0.29, 0.717) is 41.9 Å². The van der Waals surface area contributed by atoms with E-state index in [1.54, 1.807) is 4.90 Å². The van der Waals surface area contributed by atoms with Gasteiger partial charge in [0.25, 0.3) is 0 Å². The van der Waals surface area contributed by atoms with Crippen molar-refractivity contribution >= 4 is 23.5 Å². The Morgan fingerprint density at radius 1 is 0.968 bits per heavy atom. The van der Waals surface area contributed by atoms with E-state index in [-0.39, 0.29) is 22.9 Å². The monoisotopic (exact) mass is 428 g/mol. The Bertz CT molecular complexity index is 1150. The predicted molar refractivity (Wildman–Crippen MR) is 117 cm³/mol. The van der Waals surface area contributed by atoms with Gasteiger partial charge < -0.3 is 4.74 Å². The average molecular weight is 429 g/mol. The zero-order valence-corrected chi connectivity index (χ0v) is 17.6. The molecule has 31 heavy (non-hydrogen) atoms. The SMILES string of the molecule is N#CC1=C(N2C(=O)CSC2c2ccccc2)OC2=C(C(=O)CCC2)C1c1ccccc1. The summed E-state index contributed by atoms with van der Waals surface area (Å²) in [4.78, 5) is 27.5. The average Bonchev–Trinajstić information content (AvgIpc) is 3.20. The number of ketones is 1. The third-order valence-corrected chi connectivity index (χ3v) is 7.07. The van der Waals surface area contributed by atoms with Crippen LogP contribution in [0.15, 0.2) is 83.5 Å². The van der Waals surface area contributed by atoms with Gasteiger partial charge in [0.15, 0.2) is 5.78 Å². The van der Waals surface area contributed by atoms with Crippen LogP contribution in [0.5, 0.6) is 0 Å². The fraction of sp³-hybridized carbons (Fsp3) is 0.240. The first-order valence-corrected chi connectivity index (χ1v) is 11.4. The summed E-state index contributed by atoms with van der Waals surface area (Å²) >= 11 is 1.51. The lowest BCUT2D eigenvalue weighted by Crippen LogP contribution is -2.35. The van der Waals surface area contributed by atoms with Crippen molar-refractivity contribution in [2.75, 3.05) is 5.75 Å². The van der Waals surface area contributed by atoms with Crippen molar-refractivity contribution in [2.45, 2.75) is 30.6 Å². The molecular formula is C25H20N2O3S. The third-order valence-electron chi connectivity index (χ3n) is 5.86. The maximum atomic E-state index is 13.0. The molecule has 2 aromatic carbocycles. The van der Waals surface area contributed by atoms with Crippen LogP contribution in [0, 0.1) is 11.3 Å². The van der Waals surface area contributed by atoms with Crippen LogP contribution in [-0.4, -0.2) is 22.3 Å². The fourth-order valence-corrected chi connectivity index (χ4v) is 5.63. The highest BCUT2D eigenvalue weighted by molar-refractivity contribution is 8.00. The third kappa shape index (κ3) is 3.35. The van der Waals surface area contributed by atoms with E-state index in [0.717, 1.165) is 11.1 Å². The number of thioether (sulfide) groups is 1. The van der Waals surface area contributed by atoms with Gasteiger partial charge in [0.2, 0.25) is 11.8 Å². The van der Waals surface area contributed by atoms with E-state index in [2.05, 4.69) is 6.07 Å². The summed E-state index contributed by atoms with van der Waals surface area (Å²) in [6.07, 6.45) is 1.78. The zero-order chi connectivity index (χ0) is 21.4. The van der Waals surface area contributed by atoms with Crippen LogP contribution in [-0.2, 0) is 14.3 Å². The molecule has 0 radical (unpaired) electrons. The lowest BCUT2D eigenvalue weighted by Gasteiger charge is -2.36. The normalized spacial score (nSPS) is 23.5. The number of nitriles is 1. The summed E-state index contributed by atoms with van der Waals surface area (Å²) in [5, 5.41) is 9.93. The molecule has 2 aromatic rings. The molecule has 1 fully saturated rings. The molecule has 3 aliphatic rings. The molecule has 0 aromatic heterocycles. The minimum absolute atomic E-state index is 0.0173. The van der Waals surface area contributed by atoms with Gasteiger partial charge in [0.05, 0.1) is 11.7 Å². The van der Waals surface area contributed by atoms with Gasteiger partial charge in [-0.3, -0.25) is 14.5 Å². The number of amides is 1. The van der Waals surface area contributed by atoms with Crippen molar-refractivity contribution in [1.29, 1.82) is 5.26 Å². The summed E-state index contributed by atoms with van der Waals surface area (Å²) < 4.78 is 6.23. The van der Waals surface area contributed by atoms with Crippen LogP contribution >= 0.6 is 11.8 Å². The van der Waals surface area contributed by atoms with Gasteiger partial charge in [0.1, 0.15) is 22.8 Å². The van der Waals surface area contributed by atoms with Gasteiger partial charge in [-0.25, -0.2) is 0 Å². The molecule has 2 aliphatic heterocycles. The number of carbonyl (C=O) groups excluding carboxylic acids is 2. The zero-order valence-electron chi connectivity index (χ0n) is 16.8. The maximum absolute atomic E-state index is 13.0. The molecule has 6 heteroatoms. The molecule has 0 spiro atoms. The van der Waals surface area contributed by atoms with Gasteiger partial charge in [0, 0.05) is 18.4 Å². The molecule has 0 saturated carbocycles. The van der Waals surface area contributed by atoms with E-state index in [9.17, 15) is 14.9 Å². The van der Waals surface area contributed by atoms with Crippen molar-refractivity contribution in [1.82, 2.24) is 4.90 Å². The van der Waals surface area contributed by atoms with Crippen LogP contribution in [0.25, 0.3) is 0 Å². The summed E-state index contributed by atoms with van der Waals surface area (Å²) in [6.45, 7) is 0. The van der Waals surface area contributed by atoms with Crippen molar-refractivity contribution in [3.8, 4) is 6.07 Å². The Morgan fingerprint density at radius 3 is 2.32 bits per heavy atom. The molecular weight excluding hydrogens is 408 g/mol. The van der Waals surface area contributed by atoms with Gasteiger partial charge in [-0.05, 0) is 17.5 Å². The molecule has 5 rings (SSSR count). The molecule has 154 valence electrons. The first-order valence-electron chi connectivity index (χ1n) is 10.3. The lowest BCUT2D eigenvalue weighted by molar-refractivity contribution is -0.128. The quantitative estimate of drug-likeness (QED) is 0.701. The fourth-order valence-electron chi connectivity index (χ4n) is 4.48. The number of allylic oxidation sites excluding steroid dienone is 3. The largest absolute Gasteiger partial charge is 0.443 e. The smallest absolute Gasteiger partial charge is 0.240 e. The Labute approximate surface area is 185 Å². The molecule has 5 nitrogen and oxygen atoms in total. The number of ether oxygens (including phenoxy) is 1. The highest BCUT2D eigenvalue weighted by atomic mass is 32.2. The number of rotatable bonds is 3. The molecule has 2 atom stereocenters. The summed E-state index contributed by atoms with van der Waals surface area (Å²) in [5.74, 6) is 0.575. The molecule has 2 heterocycles. The molecule has 1 amide bonds. The standard InChI is InChI=1S/C25H20N2O3S/c26-14-18-22(16-8-3-1-4-9-16)23-19(28)12-7-13-20(23)30-24(18)27-21(29)15-31-25(27)17-10-5-2-6-11-17/h1-6,8-11,22,25H,7,12-13,15H2. The minimum Gasteiger partial charge on any atom is -0.443 e. The second-order valence-corrected chi connectivity index (χ2v) is 8.80. The minimum atomic E-state index is -0.521. The number of Topliss-reactive ketones (excluding diaryl/α,β-unsaturated/α-hetero) is 1. The van der Waals surface area contributed by atoms with E-state index < -0.39 is 5.92 Å². The Kier molecular flexibility index (Phi) is 5.13. The van der Waals surface area contributed by atoms with Crippen LogP contribution in [0.3, 0.4) is 0 Å². The molecule has 0 N–H and O–H groups in total. The second-order valence-electron chi connectivity index (χ2n) is 7.73. The van der Waals surface area contributed by atoms with Crippen LogP contribution in [0.1, 0.15) is 41.7 Å². The summed E-state index contributed by atoms with van der Waals surface area (Å²) in [7, 11) is 0. The lowest BCUT2D eigenvalue weighted by atomic mass is 9.77. The molecule has 2 unspecified atom stereocenters. The number of hydrogen-bond donors (Lipinski definition) is 0. The first-order chi connectivity index (χ1) is 15.2. The second kappa shape index (κ2) is 8.09. The van der Waals surface area contributed by atoms with Crippen molar-refractivity contribution in [3.63, 3.8) is 0 Å². The molecule has 1 aliphatic carbocycles. The van der Waals surface area contributed by atoms with E-state index >= 15 is 0 Å². The van der Waals surface area contributed by atoms with Crippen molar-refractivity contribution < 1.29 is 14.3 Å². The first kappa shape index (κ1) is 19.7. The molecule has 0 bridgehead atoms. The van der Waals surface area contributed by atoms with Crippen molar-refractivity contribution in [2.24, 2.45) is 0 Å². The topological polar surface area (TPSA) is 70.4 Å². The highest BCUT2D eigenvalue weighted by Crippen LogP contribution is 2.49. The van der Waals surface area contributed by atoms with Gasteiger partial charge >= 0.3 is 0 Å². The van der Waals surface area contributed by atoms with Crippen molar-refractivity contribution in [3.05, 3.63) is 94.6 Å². The Morgan fingerprint density at radius 2 is 1.65 bits per heavy atom. The number of carbonyl (C=O) groups is 2. The maximum Gasteiger partial charge on any atom is 0.240 e. The van der Waals surface area contributed by atoms with E-state index in [4.69, 9.17) is 4.74 Å². The van der Waals surface area contributed by atoms with Crippen LogP contribution in [0.4, 0.5) is 0 Å². The van der Waals surface area contributed by atoms with Gasteiger partial charge in [-0.1, -0.05) is 60.7 Å². The predicted octanol–water partition coefficient (Wildman–Crippen LogP) is 4.82. The van der Waals surface area contributed by atoms with E-state index in [1.165, 1.54) is 11.8 Å². The number of nitrogens with zero attached hydrogens (tertiary/aromatic N) is 2. The van der Waals surface area contributed by atoms with Gasteiger partial charge in [-0.2, -0.15) is 5.26 Å². The Hall–Kier alpha value is -3.30. The number of benzene rings is 2. The highest BCUT2D eigenvalue weighted by Gasteiger charge is 2.45.